The summed E-state index contributed by atoms with van der Waals surface area (Å²) in [5.74, 6) is 1.35. The van der Waals surface area contributed by atoms with Crippen LogP contribution in [0.5, 0.6) is 0 Å². The van der Waals surface area contributed by atoms with Gasteiger partial charge in [-0.1, -0.05) is 25.4 Å². The minimum absolute atomic E-state index is 0.0187. The lowest BCUT2D eigenvalue weighted by Gasteiger charge is -2.32. The van der Waals surface area contributed by atoms with Crippen molar-refractivity contribution in [1.82, 2.24) is 5.32 Å². The smallest absolute Gasteiger partial charge is 0.252 e. The number of hydrogen-bond acceptors (Lipinski definition) is 1. The molecule has 0 saturated heterocycles. The Morgan fingerprint density at radius 3 is 2.47 bits per heavy atom. The van der Waals surface area contributed by atoms with Crippen molar-refractivity contribution in [3.8, 4) is 0 Å². The molecule has 1 aromatic rings. The molecule has 1 aliphatic rings. The first-order valence-corrected chi connectivity index (χ1v) is 7.88. The van der Waals surface area contributed by atoms with E-state index in [1.165, 1.54) is 6.42 Å². The van der Waals surface area contributed by atoms with E-state index >= 15 is 0 Å². The lowest BCUT2D eigenvalue weighted by molar-refractivity contribution is 0.0910. The van der Waals surface area contributed by atoms with Crippen LogP contribution in [0, 0.1) is 11.8 Å². The van der Waals surface area contributed by atoms with Crippen molar-refractivity contribution >= 4 is 33.4 Å². The van der Waals surface area contributed by atoms with Gasteiger partial charge in [0.15, 0.2) is 0 Å². The third-order valence-electron chi connectivity index (χ3n) is 3.69. The zero-order valence-corrected chi connectivity index (χ0v) is 13.6. The number of nitrogens with one attached hydrogen (secondary N) is 1. The van der Waals surface area contributed by atoms with E-state index in [-0.39, 0.29) is 11.9 Å². The molecule has 0 heterocycles. The summed E-state index contributed by atoms with van der Waals surface area (Å²) in [6.07, 6.45) is 3.40. The molecule has 2 unspecified atom stereocenters. The van der Waals surface area contributed by atoms with Crippen LogP contribution in [-0.4, -0.2) is 11.9 Å². The molecule has 1 saturated carbocycles. The maximum atomic E-state index is 12.3. The van der Waals surface area contributed by atoms with Gasteiger partial charge in [-0.2, -0.15) is 0 Å². The van der Waals surface area contributed by atoms with E-state index in [1.807, 2.05) is 0 Å². The highest BCUT2D eigenvalue weighted by molar-refractivity contribution is 9.10. The second-order valence-electron chi connectivity index (χ2n) is 5.71. The van der Waals surface area contributed by atoms with Crippen LogP contribution in [0.25, 0.3) is 0 Å². The number of carbonyl (C=O) groups excluding carboxylic acids is 1. The molecule has 4 heteroatoms. The third-order valence-corrected chi connectivity index (χ3v) is 4.58. The first-order chi connectivity index (χ1) is 8.95. The van der Waals surface area contributed by atoms with E-state index in [1.54, 1.807) is 18.2 Å². The monoisotopic (exact) mass is 343 g/mol. The van der Waals surface area contributed by atoms with E-state index in [0.29, 0.717) is 22.4 Å². The second kappa shape index (κ2) is 6.27. The molecular weight excluding hydrogens is 326 g/mol. The summed E-state index contributed by atoms with van der Waals surface area (Å²) in [5, 5.41) is 3.77. The highest BCUT2D eigenvalue weighted by Gasteiger charge is 2.25. The Morgan fingerprint density at radius 1 is 1.26 bits per heavy atom. The van der Waals surface area contributed by atoms with Crippen LogP contribution < -0.4 is 5.32 Å². The fourth-order valence-corrected chi connectivity index (χ4v) is 3.86. The van der Waals surface area contributed by atoms with Gasteiger partial charge >= 0.3 is 0 Å². The largest absolute Gasteiger partial charge is 0.349 e. The quantitative estimate of drug-likeness (QED) is 0.831. The highest BCUT2D eigenvalue weighted by atomic mass is 79.9. The van der Waals surface area contributed by atoms with E-state index < -0.39 is 0 Å². The van der Waals surface area contributed by atoms with Gasteiger partial charge in [-0.15, -0.1) is 0 Å². The summed E-state index contributed by atoms with van der Waals surface area (Å²) in [5.41, 5.74) is 0.648. The molecular formula is C15H19BrClNO. The summed E-state index contributed by atoms with van der Waals surface area (Å²) < 4.78 is 0.745. The Kier molecular flexibility index (Phi) is 4.91. The van der Waals surface area contributed by atoms with E-state index in [9.17, 15) is 4.79 Å². The second-order valence-corrected chi connectivity index (χ2v) is 7.00. The van der Waals surface area contributed by atoms with Crippen LogP contribution in [0.2, 0.25) is 5.02 Å². The van der Waals surface area contributed by atoms with Crippen LogP contribution in [0.4, 0.5) is 0 Å². The predicted molar refractivity (Wildman–Crippen MR) is 82.6 cm³/mol. The van der Waals surface area contributed by atoms with Crippen molar-refractivity contribution in [2.24, 2.45) is 11.8 Å². The maximum absolute atomic E-state index is 12.3. The molecule has 0 spiro atoms. The number of hydrogen-bond donors (Lipinski definition) is 1. The molecule has 0 radical (unpaired) electrons. The molecule has 1 amide bonds. The summed E-state index contributed by atoms with van der Waals surface area (Å²) >= 11 is 9.28. The molecule has 1 aromatic carbocycles. The average molecular weight is 345 g/mol. The summed E-state index contributed by atoms with van der Waals surface area (Å²) in [4.78, 5) is 12.3. The number of halogens is 2. The molecule has 2 rings (SSSR count). The highest BCUT2D eigenvalue weighted by Crippen LogP contribution is 2.29. The topological polar surface area (TPSA) is 29.1 Å². The van der Waals surface area contributed by atoms with Gasteiger partial charge in [-0.3, -0.25) is 4.79 Å². The molecule has 0 aromatic heterocycles. The summed E-state index contributed by atoms with van der Waals surface area (Å²) in [6, 6.07) is 5.54. The van der Waals surface area contributed by atoms with Gasteiger partial charge in [0.2, 0.25) is 0 Å². The van der Waals surface area contributed by atoms with Crippen LogP contribution >= 0.6 is 27.5 Å². The van der Waals surface area contributed by atoms with Crippen LogP contribution in [0.3, 0.4) is 0 Å². The Bertz CT molecular complexity index is 467. The SMILES string of the molecule is CC1CC(C)CC(NC(=O)c2ccc(Cl)cc2Br)C1. The van der Waals surface area contributed by atoms with Gasteiger partial charge in [-0.05, 0) is 65.2 Å². The van der Waals surface area contributed by atoms with Crippen LogP contribution in [0.1, 0.15) is 43.5 Å². The molecule has 1 fully saturated rings. The fraction of sp³-hybridized carbons (Fsp3) is 0.533. The molecule has 104 valence electrons. The lowest BCUT2D eigenvalue weighted by atomic mass is 9.80. The van der Waals surface area contributed by atoms with Crippen LogP contribution in [-0.2, 0) is 0 Å². The molecule has 2 atom stereocenters. The van der Waals surface area contributed by atoms with Gasteiger partial charge in [0, 0.05) is 15.5 Å². The third kappa shape index (κ3) is 3.96. The minimum atomic E-state index is -0.0187. The molecule has 19 heavy (non-hydrogen) atoms. The normalized spacial score (nSPS) is 27.1. The number of amides is 1. The standard InChI is InChI=1S/C15H19BrClNO/c1-9-5-10(2)7-12(6-9)18-15(19)13-4-3-11(17)8-14(13)16/h3-4,8-10,12H,5-7H2,1-2H3,(H,18,19). The minimum Gasteiger partial charge on any atom is -0.349 e. The fourth-order valence-electron chi connectivity index (χ4n) is 3.00. The molecule has 0 bridgehead atoms. The molecule has 2 nitrogen and oxygen atoms in total. The molecule has 1 N–H and O–H groups in total. The van der Waals surface area contributed by atoms with Gasteiger partial charge in [0.1, 0.15) is 0 Å². The van der Waals surface area contributed by atoms with E-state index in [4.69, 9.17) is 11.6 Å². The lowest BCUT2D eigenvalue weighted by Crippen LogP contribution is -2.40. The molecule has 0 aliphatic heterocycles. The van der Waals surface area contributed by atoms with Gasteiger partial charge in [0.05, 0.1) is 5.56 Å². The van der Waals surface area contributed by atoms with Crippen molar-refractivity contribution in [1.29, 1.82) is 0 Å². The van der Waals surface area contributed by atoms with Crippen molar-refractivity contribution in [3.05, 3.63) is 33.3 Å². The van der Waals surface area contributed by atoms with Crippen molar-refractivity contribution in [2.75, 3.05) is 0 Å². The Balaban J connectivity index is 2.04. The number of benzene rings is 1. The number of rotatable bonds is 2. The van der Waals surface area contributed by atoms with Gasteiger partial charge in [0.25, 0.3) is 5.91 Å². The van der Waals surface area contributed by atoms with E-state index in [2.05, 4.69) is 35.1 Å². The van der Waals surface area contributed by atoms with Crippen molar-refractivity contribution in [2.45, 2.75) is 39.2 Å². The predicted octanol–water partition coefficient (Wildman–Crippen LogP) is 4.66. The first-order valence-electron chi connectivity index (χ1n) is 6.71. The summed E-state index contributed by atoms with van der Waals surface area (Å²) in [7, 11) is 0. The Hall–Kier alpha value is -0.540. The van der Waals surface area contributed by atoms with Gasteiger partial charge < -0.3 is 5.32 Å². The van der Waals surface area contributed by atoms with Crippen molar-refractivity contribution in [3.63, 3.8) is 0 Å². The average Bonchev–Trinajstić information content (AvgIpc) is 2.26. The Morgan fingerprint density at radius 2 is 1.89 bits per heavy atom. The van der Waals surface area contributed by atoms with Crippen LogP contribution in [0.15, 0.2) is 22.7 Å². The maximum Gasteiger partial charge on any atom is 0.252 e. The zero-order valence-electron chi connectivity index (χ0n) is 11.2. The first kappa shape index (κ1) is 14.9. The summed E-state index contributed by atoms with van der Waals surface area (Å²) in [6.45, 7) is 4.51. The van der Waals surface area contributed by atoms with E-state index in [0.717, 1.165) is 17.3 Å². The van der Waals surface area contributed by atoms with Gasteiger partial charge in [-0.25, -0.2) is 0 Å². The zero-order chi connectivity index (χ0) is 14.0. The Labute approximate surface area is 128 Å². The molecule has 1 aliphatic carbocycles. The van der Waals surface area contributed by atoms with Crippen molar-refractivity contribution < 1.29 is 4.79 Å². The number of carbonyl (C=O) groups is 1.